The van der Waals surface area contributed by atoms with Crippen LogP contribution in [-0.4, -0.2) is 47.4 Å². The number of carbonyl (C=O) groups excluding carboxylic acids is 1. The number of hydrogen-bond acceptors (Lipinski definition) is 4. The Hall–Kier alpha value is -4.13. The van der Waals surface area contributed by atoms with E-state index in [1.807, 2.05) is 73.5 Å². The molecule has 0 unspecified atom stereocenters. The van der Waals surface area contributed by atoms with Gasteiger partial charge in [-0.3, -0.25) is 10.2 Å². The summed E-state index contributed by atoms with van der Waals surface area (Å²) in [7, 11) is 1.88. The van der Waals surface area contributed by atoms with Crippen molar-refractivity contribution in [2.45, 2.75) is 58.0 Å². The zero-order chi connectivity index (χ0) is 27.7. The molecular formula is C32H36N4O3. The van der Waals surface area contributed by atoms with Gasteiger partial charge in [0, 0.05) is 43.0 Å². The molecule has 2 aliphatic rings. The minimum Gasteiger partial charge on any atom is -0.478 e. The molecule has 0 atom stereocenters. The Kier molecular flexibility index (Phi) is 7.42. The molecule has 0 saturated heterocycles. The zero-order valence-electron chi connectivity index (χ0n) is 22.7. The summed E-state index contributed by atoms with van der Waals surface area (Å²) in [5.74, 6) is -0.962. The molecule has 1 aliphatic heterocycles. The Balaban J connectivity index is 1.48. The summed E-state index contributed by atoms with van der Waals surface area (Å²) in [6, 6.07) is 17.2. The Morgan fingerprint density at radius 1 is 1.05 bits per heavy atom. The van der Waals surface area contributed by atoms with Crippen LogP contribution in [0.5, 0.6) is 0 Å². The number of carbonyl (C=O) groups is 2. The first-order valence-electron chi connectivity index (χ1n) is 13.7. The van der Waals surface area contributed by atoms with Crippen LogP contribution in [0.3, 0.4) is 0 Å². The summed E-state index contributed by atoms with van der Waals surface area (Å²) in [4.78, 5) is 30.1. The lowest BCUT2D eigenvalue weighted by atomic mass is 9.90. The van der Waals surface area contributed by atoms with Gasteiger partial charge in [0.25, 0.3) is 5.91 Å². The zero-order valence-corrected chi connectivity index (χ0v) is 22.7. The van der Waals surface area contributed by atoms with E-state index in [1.54, 1.807) is 0 Å². The number of carboxylic acids is 1. The first-order valence-corrected chi connectivity index (χ1v) is 13.7. The third-order valence-corrected chi connectivity index (χ3v) is 8.36. The molecule has 0 bridgehead atoms. The SMILES string of the molecule is Cc1ccc(-c2cccc(C(=O)N(C)C3CCCCC3)c2)c(C(=O)O)c1CN1CCc2cc(C(=N)N)ccc21. The normalized spacial score (nSPS) is 15.2. The first-order chi connectivity index (χ1) is 18.7. The highest BCUT2D eigenvalue weighted by Crippen LogP contribution is 2.35. The second-order valence-electron chi connectivity index (χ2n) is 10.8. The number of fused-ring (bicyclic) bond motifs is 1. The van der Waals surface area contributed by atoms with E-state index in [0.29, 0.717) is 23.2 Å². The highest BCUT2D eigenvalue weighted by atomic mass is 16.4. The number of amides is 1. The number of amidine groups is 1. The number of nitrogens with two attached hydrogens (primary N) is 1. The number of nitrogens with one attached hydrogen (secondary N) is 1. The van der Waals surface area contributed by atoms with Crippen molar-refractivity contribution in [2.75, 3.05) is 18.5 Å². The smallest absolute Gasteiger partial charge is 0.336 e. The number of rotatable bonds is 7. The van der Waals surface area contributed by atoms with Crippen molar-refractivity contribution >= 4 is 23.4 Å². The second kappa shape index (κ2) is 10.9. The fourth-order valence-electron chi connectivity index (χ4n) is 6.09. The summed E-state index contributed by atoms with van der Waals surface area (Å²) in [6.07, 6.45) is 6.40. The van der Waals surface area contributed by atoms with Gasteiger partial charge in [-0.25, -0.2) is 4.79 Å². The van der Waals surface area contributed by atoms with Gasteiger partial charge in [-0.15, -0.1) is 0 Å². The molecule has 3 aromatic carbocycles. The van der Waals surface area contributed by atoms with Crippen molar-refractivity contribution in [1.29, 1.82) is 5.41 Å². The summed E-state index contributed by atoms with van der Waals surface area (Å²) in [5, 5.41) is 18.1. The molecule has 39 heavy (non-hydrogen) atoms. The summed E-state index contributed by atoms with van der Waals surface area (Å²) in [6.45, 7) is 3.16. The van der Waals surface area contributed by atoms with E-state index in [-0.39, 0.29) is 23.3 Å². The molecule has 1 saturated carbocycles. The molecule has 7 nitrogen and oxygen atoms in total. The number of aromatic carboxylic acids is 1. The van der Waals surface area contributed by atoms with Crippen LogP contribution in [0, 0.1) is 12.3 Å². The summed E-state index contributed by atoms with van der Waals surface area (Å²) < 4.78 is 0. The maximum absolute atomic E-state index is 13.4. The number of benzene rings is 3. The highest BCUT2D eigenvalue weighted by molar-refractivity contribution is 6.00. The van der Waals surface area contributed by atoms with Crippen LogP contribution < -0.4 is 10.6 Å². The Morgan fingerprint density at radius 3 is 2.54 bits per heavy atom. The number of nitrogen functional groups attached to an aromatic ring is 1. The van der Waals surface area contributed by atoms with E-state index < -0.39 is 5.97 Å². The van der Waals surface area contributed by atoms with Crippen LogP contribution in [0.4, 0.5) is 5.69 Å². The van der Waals surface area contributed by atoms with Crippen molar-refractivity contribution in [3.63, 3.8) is 0 Å². The Bertz CT molecular complexity index is 1440. The van der Waals surface area contributed by atoms with E-state index in [1.165, 1.54) is 6.42 Å². The molecule has 202 valence electrons. The van der Waals surface area contributed by atoms with Crippen LogP contribution in [0.15, 0.2) is 54.6 Å². The van der Waals surface area contributed by atoms with Crippen LogP contribution in [0.25, 0.3) is 11.1 Å². The summed E-state index contributed by atoms with van der Waals surface area (Å²) >= 11 is 0. The topological polar surface area (TPSA) is 111 Å². The van der Waals surface area contributed by atoms with Crippen LogP contribution in [0.1, 0.15) is 75.1 Å². The number of carboxylic acid groups (broad SMARTS) is 1. The molecule has 1 heterocycles. The maximum atomic E-state index is 13.4. The largest absolute Gasteiger partial charge is 0.478 e. The number of aryl methyl sites for hydroxylation is 1. The van der Waals surface area contributed by atoms with Gasteiger partial charge in [-0.05, 0) is 84.3 Å². The molecule has 7 heteroatoms. The van der Waals surface area contributed by atoms with Crippen molar-refractivity contribution in [1.82, 2.24) is 4.90 Å². The molecule has 1 fully saturated rings. The van der Waals surface area contributed by atoms with Crippen LogP contribution in [0.2, 0.25) is 0 Å². The first kappa shape index (κ1) is 26.5. The van der Waals surface area contributed by atoms with Gasteiger partial charge in [0.05, 0.1) is 5.56 Å². The van der Waals surface area contributed by atoms with Gasteiger partial charge in [-0.2, -0.15) is 0 Å². The lowest BCUT2D eigenvalue weighted by molar-refractivity contribution is 0.0688. The predicted octanol–water partition coefficient (Wildman–Crippen LogP) is 5.61. The quantitative estimate of drug-likeness (QED) is 0.275. The van der Waals surface area contributed by atoms with E-state index in [0.717, 1.165) is 66.6 Å². The second-order valence-corrected chi connectivity index (χ2v) is 10.8. The lowest BCUT2D eigenvalue weighted by Gasteiger charge is -2.31. The highest BCUT2D eigenvalue weighted by Gasteiger charge is 2.26. The third kappa shape index (κ3) is 5.26. The Labute approximate surface area is 229 Å². The molecule has 0 aromatic heterocycles. The van der Waals surface area contributed by atoms with Crippen LogP contribution >= 0.6 is 0 Å². The van der Waals surface area contributed by atoms with E-state index >= 15 is 0 Å². The molecule has 4 N–H and O–H groups in total. The van der Waals surface area contributed by atoms with Crippen molar-refractivity contribution in [2.24, 2.45) is 5.73 Å². The average molecular weight is 525 g/mol. The van der Waals surface area contributed by atoms with E-state index in [4.69, 9.17) is 11.1 Å². The number of nitrogens with zero attached hydrogens (tertiary/aromatic N) is 2. The monoisotopic (exact) mass is 524 g/mol. The van der Waals surface area contributed by atoms with E-state index in [2.05, 4.69) is 4.90 Å². The fraction of sp³-hybridized carbons (Fsp3) is 0.344. The number of anilines is 1. The van der Waals surface area contributed by atoms with Gasteiger partial charge in [0.1, 0.15) is 5.84 Å². The van der Waals surface area contributed by atoms with Crippen molar-refractivity contribution in [3.05, 3.63) is 88.0 Å². The van der Waals surface area contributed by atoms with Gasteiger partial charge in [0.2, 0.25) is 0 Å². The van der Waals surface area contributed by atoms with Gasteiger partial charge >= 0.3 is 5.97 Å². The molecule has 0 spiro atoms. The van der Waals surface area contributed by atoms with Gasteiger partial charge in [-0.1, -0.05) is 43.5 Å². The maximum Gasteiger partial charge on any atom is 0.336 e. The van der Waals surface area contributed by atoms with Crippen LogP contribution in [-0.2, 0) is 13.0 Å². The summed E-state index contributed by atoms with van der Waals surface area (Å²) in [5.41, 5.74) is 12.4. The lowest BCUT2D eigenvalue weighted by Crippen LogP contribution is -2.38. The van der Waals surface area contributed by atoms with Crippen molar-refractivity contribution in [3.8, 4) is 11.1 Å². The van der Waals surface area contributed by atoms with E-state index in [9.17, 15) is 14.7 Å². The molecule has 0 radical (unpaired) electrons. The molecule has 5 rings (SSSR count). The fourth-order valence-corrected chi connectivity index (χ4v) is 6.09. The van der Waals surface area contributed by atoms with Crippen molar-refractivity contribution < 1.29 is 14.7 Å². The average Bonchev–Trinajstić information content (AvgIpc) is 3.35. The molecule has 1 aliphatic carbocycles. The van der Waals surface area contributed by atoms with Gasteiger partial charge < -0.3 is 20.6 Å². The Morgan fingerprint density at radius 2 is 1.82 bits per heavy atom. The minimum absolute atomic E-state index is 0.0217. The third-order valence-electron chi connectivity index (χ3n) is 8.36. The predicted molar refractivity (Wildman–Crippen MR) is 155 cm³/mol. The minimum atomic E-state index is -0.980. The van der Waals surface area contributed by atoms with Gasteiger partial charge in [0.15, 0.2) is 0 Å². The standard InChI is InChI=1S/C32H36N4O3/c1-20-11-13-26(21-7-6-8-24(17-21)31(37)35(2)25-9-4-3-5-10-25)29(32(38)39)27(20)19-36-16-15-22-18-23(30(33)34)12-14-28(22)36/h6-8,11-14,17-18,25H,3-5,9-10,15-16,19H2,1-2H3,(H3,33,34)(H,38,39). The number of hydrogen-bond donors (Lipinski definition) is 3. The molecular weight excluding hydrogens is 488 g/mol. The molecule has 1 amide bonds. The molecule has 3 aromatic rings.